The molecule has 1 aliphatic heterocycles. The minimum atomic E-state index is -0.185. The molecule has 1 unspecified atom stereocenters. The van der Waals surface area contributed by atoms with Gasteiger partial charge in [0.25, 0.3) is 0 Å². The fourth-order valence-electron chi connectivity index (χ4n) is 3.14. The van der Waals surface area contributed by atoms with Crippen molar-refractivity contribution in [2.75, 3.05) is 6.54 Å². The second-order valence-electron chi connectivity index (χ2n) is 5.71. The molecule has 3 nitrogen and oxygen atoms in total. The maximum absolute atomic E-state index is 12.5. The van der Waals surface area contributed by atoms with Crippen LogP contribution in [0.2, 0.25) is 0 Å². The molecule has 1 amide bonds. The van der Waals surface area contributed by atoms with Gasteiger partial charge in [-0.15, -0.1) is 0 Å². The zero-order chi connectivity index (χ0) is 11.8. The van der Waals surface area contributed by atoms with Gasteiger partial charge in [0.05, 0.1) is 11.7 Å². The van der Waals surface area contributed by atoms with Gasteiger partial charge in [0.2, 0.25) is 5.91 Å². The summed E-state index contributed by atoms with van der Waals surface area (Å²) in [5, 5.41) is 3.60. The Bertz CT molecular complexity index is 269. The lowest BCUT2D eigenvalue weighted by Crippen LogP contribution is -2.44. The van der Waals surface area contributed by atoms with E-state index in [0.29, 0.717) is 11.8 Å². The molecule has 2 fully saturated rings. The maximum Gasteiger partial charge on any atom is 0.244 e. The third-order valence-electron chi connectivity index (χ3n) is 3.90. The van der Waals surface area contributed by atoms with Crippen molar-refractivity contribution in [1.29, 1.82) is 0 Å². The lowest BCUT2D eigenvalue weighted by molar-refractivity contribution is -0.133. The maximum atomic E-state index is 12.5. The van der Waals surface area contributed by atoms with Crippen LogP contribution < -0.4 is 5.32 Å². The molecule has 3 heteroatoms. The normalized spacial score (nSPS) is 28.6. The summed E-state index contributed by atoms with van der Waals surface area (Å²) in [5.41, 5.74) is -0.185. The van der Waals surface area contributed by atoms with Crippen LogP contribution >= 0.6 is 0 Å². The zero-order valence-electron chi connectivity index (χ0n) is 10.8. The third-order valence-corrected chi connectivity index (χ3v) is 3.90. The van der Waals surface area contributed by atoms with E-state index in [9.17, 15) is 4.79 Å². The van der Waals surface area contributed by atoms with Crippen molar-refractivity contribution in [2.24, 2.45) is 5.92 Å². The summed E-state index contributed by atoms with van der Waals surface area (Å²) >= 11 is 0. The van der Waals surface area contributed by atoms with Gasteiger partial charge in [-0.25, -0.2) is 0 Å². The zero-order valence-corrected chi connectivity index (χ0v) is 10.8. The van der Waals surface area contributed by atoms with E-state index in [1.54, 1.807) is 0 Å². The smallest absolute Gasteiger partial charge is 0.244 e. The minimum Gasteiger partial charge on any atom is -0.325 e. The van der Waals surface area contributed by atoms with Gasteiger partial charge in [0.15, 0.2) is 0 Å². The Morgan fingerprint density at radius 1 is 1.44 bits per heavy atom. The molecule has 0 bridgehead atoms. The van der Waals surface area contributed by atoms with E-state index >= 15 is 0 Å². The molecule has 2 rings (SSSR count). The molecule has 1 heterocycles. The van der Waals surface area contributed by atoms with Crippen molar-refractivity contribution in [3.8, 4) is 0 Å². The highest BCUT2D eigenvalue weighted by Crippen LogP contribution is 2.37. The second-order valence-corrected chi connectivity index (χ2v) is 5.71. The van der Waals surface area contributed by atoms with Crippen LogP contribution in [-0.4, -0.2) is 29.1 Å². The van der Waals surface area contributed by atoms with E-state index in [0.717, 1.165) is 25.8 Å². The number of rotatable bonds is 3. The molecule has 2 aliphatic rings. The summed E-state index contributed by atoms with van der Waals surface area (Å²) in [7, 11) is 0. The van der Waals surface area contributed by atoms with Crippen molar-refractivity contribution in [3.05, 3.63) is 0 Å². The second kappa shape index (κ2) is 4.36. The Hall–Kier alpha value is -0.570. The minimum absolute atomic E-state index is 0.185. The van der Waals surface area contributed by atoms with E-state index in [1.165, 1.54) is 12.8 Å². The average Bonchev–Trinajstić information content (AvgIpc) is 2.79. The molecule has 16 heavy (non-hydrogen) atoms. The van der Waals surface area contributed by atoms with E-state index in [-0.39, 0.29) is 11.7 Å². The van der Waals surface area contributed by atoms with Crippen LogP contribution in [0.25, 0.3) is 0 Å². The quantitative estimate of drug-likeness (QED) is 0.796. The van der Waals surface area contributed by atoms with E-state index in [4.69, 9.17) is 0 Å². The molecule has 92 valence electrons. The number of amides is 1. The predicted molar refractivity (Wildman–Crippen MR) is 65.0 cm³/mol. The van der Waals surface area contributed by atoms with Crippen molar-refractivity contribution in [3.63, 3.8) is 0 Å². The Morgan fingerprint density at radius 2 is 2.06 bits per heavy atom. The van der Waals surface area contributed by atoms with Crippen molar-refractivity contribution in [1.82, 2.24) is 10.2 Å². The number of hydrogen-bond acceptors (Lipinski definition) is 2. The van der Waals surface area contributed by atoms with Crippen LogP contribution in [-0.2, 0) is 4.79 Å². The first-order chi connectivity index (χ1) is 7.59. The average molecular weight is 224 g/mol. The van der Waals surface area contributed by atoms with Crippen molar-refractivity contribution < 1.29 is 4.79 Å². The number of carbonyl (C=O) groups is 1. The molecule has 1 saturated carbocycles. The fourth-order valence-corrected chi connectivity index (χ4v) is 3.14. The van der Waals surface area contributed by atoms with Gasteiger partial charge in [-0.1, -0.05) is 33.6 Å². The van der Waals surface area contributed by atoms with Gasteiger partial charge in [0.1, 0.15) is 0 Å². The highest BCUT2D eigenvalue weighted by molar-refractivity contribution is 5.89. The molecule has 1 saturated heterocycles. The molecular weight excluding hydrogens is 200 g/mol. The number of nitrogens with zero attached hydrogens (tertiary/aromatic N) is 1. The van der Waals surface area contributed by atoms with Gasteiger partial charge < -0.3 is 4.90 Å². The summed E-state index contributed by atoms with van der Waals surface area (Å²) in [6, 6.07) is 0. The number of hydrogen-bond donors (Lipinski definition) is 1. The largest absolute Gasteiger partial charge is 0.325 e. The Labute approximate surface area is 98.6 Å². The number of carbonyl (C=O) groups excluding carboxylic acids is 1. The molecule has 1 aliphatic carbocycles. The lowest BCUT2D eigenvalue weighted by atomic mass is 9.98. The fraction of sp³-hybridized carbons (Fsp3) is 0.923. The molecule has 1 spiro atoms. The van der Waals surface area contributed by atoms with Crippen LogP contribution in [0, 0.1) is 5.92 Å². The van der Waals surface area contributed by atoms with Crippen LogP contribution in [0.5, 0.6) is 0 Å². The van der Waals surface area contributed by atoms with Crippen LogP contribution in [0.3, 0.4) is 0 Å². The molecule has 0 radical (unpaired) electrons. The Kier molecular flexibility index (Phi) is 3.24. The molecule has 0 aromatic heterocycles. The van der Waals surface area contributed by atoms with Crippen LogP contribution in [0.15, 0.2) is 0 Å². The van der Waals surface area contributed by atoms with Gasteiger partial charge in [-0.05, 0) is 25.2 Å². The van der Waals surface area contributed by atoms with Gasteiger partial charge in [-0.3, -0.25) is 10.1 Å². The topological polar surface area (TPSA) is 32.3 Å². The molecule has 1 atom stereocenters. The van der Waals surface area contributed by atoms with Crippen LogP contribution in [0.4, 0.5) is 0 Å². The van der Waals surface area contributed by atoms with E-state index in [1.807, 2.05) is 0 Å². The summed E-state index contributed by atoms with van der Waals surface area (Å²) < 4.78 is 0. The van der Waals surface area contributed by atoms with Crippen LogP contribution in [0.1, 0.15) is 52.9 Å². The predicted octanol–water partition coefficient (Wildman–Crippen LogP) is 2.12. The summed E-state index contributed by atoms with van der Waals surface area (Å²) in [6.45, 7) is 7.41. The molecule has 0 aromatic carbocycles. The van der Waals surface area contributed by atoms with Crippen molar-refractivity contribution in [2.45, 2.75) is 64.6 Å². The summed E-state index contributed by atoms with van der Waals surface area (Å²) in [5.74, 6) is 0.918. The Morgan fingerprint density at radius 3 is 2.56 bits per heavy atom. The molecule has 0 aromatic rings. The Balaban J connectivity index is 2.15. The first-order valence-corrected chi connectivity index (χ1v) is 6.68. The first-order valence-electron chi connectivity index (χ1n) is 6.68. The van der Waals surface area contributed by atoms with Gasteiger partial charge in [0, 0.05) is 6.54 Å². The summed E-state index contributed by atoms with van der Waals surface area (Å²) in [4.78, 5) is 14.6. The monoisotopic (exact) mass is 224 g/mol. The van der Waals surface area contributed by atoms with Gasteiger partial charge >= 0.3 is 0 Å². The highest BCUT2D eigenvalue weighted by Gasteiger charge is 2.51. The lowest BCUT2D eigenvalue weighted by Gasteiger charge is -2.25. The van der Waals surface area contributed by atoms with E-state index in [2.05, 4.69) is 31.0 Å². The SMILES string of the molecule is CCC1NC2(CCCC2)C(=O)N1CC(C)C. The molecule has 1 N–H and O–H groups in total. The van der Waals surface area contributed by atoms with Gasteiger partial charge in [-0.2, -0.15) is 0 Å². The first kappa shape index (κ1) is 11.9. The van der Waals surface area contributed by atoms with Crippen molar-refractivity contribution >= 4 is 5.91 Å². The number of nitrogens with one attached hydrogen (secondary N) is 1. The van der Waals surface area contributed by atoms with E-state index < -0.39 is 0 Å². The summed E-state index contributed by atoms with van der Waals surface area (Å²) in [6.07, 6.45) is 5.76. The standard InChI is InChI=1S/C13H24N2O/c1-4-11-14-13(7-5-6-8-13)12(16)15(11)9-10(2)3/h10-11,14H,4-9H2,1-3H3. The third kappa shape index (κ3) is 1.86. The highest BCUT2D eigenvalue weighted by atomic mass is 16.2. The molecular formula is C13H24N2O.